The lowest BCUT2D eigenvalue weighted by Gasteiger charge is -2.35. The number of nitriles is 1. The summed E-state index contributed by atoms with van der Waals surface area (Å²) in [5.41, 5.74) is 6.23. The van der Waals surface area contributed by atoms with Gasteiger partial charge >= 0.3 is 0 Å². The molecule has 2 aromatic carbocycles. The third-order valence-electron chi connectivity index (χ3n) is 5.67. The molecule has 1 N–H and O–H groups in total. The van der Waals surface area contributed by atoms with Crippen molar-refractivity contribution >= 4 is 0 Å². The van der Waals surface area contributed by atoms with Gasteiger partial charge in [-0.3, -0.25) is 0 Å². The average molecular weight is 327 g/mol. The van der Waals surface area contributed by atoms with Crippen molar-refractivity contribution in [1.29, 1.82) is 5.26 Å². The maximum atomic E-state index is 11.1. The Morgan fingerprint density at radius 1 is 1.16 bits per heavy atom. The first-order chi connectivity index (χ1) is 12.3. The van der Waals surface area contributed by atoms with Crippen LogP contribution in [0.15, 0.2) is 55.0 Å². The summed E-state index contributed by atoms with van der Waals surface area (Å²) in [4.78, 5) is 4.32. The van der Waals surface area contributed by atoms with Gasteiger partial charge in [0.05, 0.1) is 42.0 Å². The molecule has 0 fully saturated rings. The number of aliphatic hydroxyl groups excluding tert-OH is 1. The molecule has 4 nitrogen and oxygen atoms in total. The highest BCUT2D eigenvalue weighted by Crippen LogP contribution is 2.49. The molecule has 0 amide bonds. The number of aryl methyl sites for hydroxylation is 1. The Morgan fingerprint density at radius 2 is 2.04 bits per heavy atom. The van der Waals surface area contributed by atoms with Crippen molar-refractivity contribution in [1.82, 2.24) is 9.55 Å². The van der Waals surface area contributed by atoms with E-state index >= 15 is 0 Å². The van der Waals surface area contributed by atoms with Crippen LogP contribution in [0.25, 0.3) is 11.3 Å². The van der Waals surface area contributed by atoms with E-state index in [1.54, 1.807) is 0 Å². The summed E-state index contributed by atoms with van der Waals surface area (Å²) in [6.45, 7) is 0. The zero-order chi connectivity index (χ0) is 17.0. The van der Waals surface area contributed by atoms with Crippen LogP contribution in [0.4, 0.5) is 0 Å². The molecule has 0 saturated carbocycles. The Balaban J connectivity index is 1.62. The lowest BCUT2D eigenvalue weighted by molar-refractivity contribution is 0.0720. The van der Waals surface area contributed by atoms with Crippen molar-refractivity contribution in [3.05, 3.63) is 77.2 Å². The van der Waals surface area contributed by atoms with E-state index in [2.05, 4.69) is 33.8 Å². The molecule has 3 aromatic rings. The van der Waals surface area contributed by atoms with E-state index in [0.717, 1.165) is 29.7 Å². The number of rotatable bonds is 1. The molecule has 0 bridgehead atoms. The Kier molecular flexibility index (Phi) is 3.06. The highest BCUT2D eigenvalue weighted by molar-refractivity contribution is 5.69. The third kappa shape index (κ3) is 2.00. The van der Waals surface area contributed by atoms with Gasteiger partial charge < -0.3 is 9.67 Å². The molecule has 122 valence electrons. The highest BCUT2D eigenvalue weighted by Gasteiger charge is 2.40. The van der Waals surface area contributed by atoms with Crippen molar-refractivity contribution in [3.63, 3.8) is 0 Å². The van der Waals surface area contributed by atoms with Gasteiger partial charge in [-0.15, -0.1) is 0 Å². The first-order valence-electron chi connectivity index (χ1n) is 8.60. The van der Waals surface area contributed by atoms with Gasteiger partial charge in [-0.2, -0.15) is 5.26 Å². The summed E-state index contributed by atoms with van der Waals surface area (Å²) >= 11 is 0. The summed E-state index contributed by atoms with van der Waals surface area (Å²) in [5, 5.41) is 20.3. The molecule has 1 aromatic heterocycles. The molecule has 0 saturated heterocycles. The smallest absolute Gasteiger partial charge is 0.0991 e. The van der Waals surface area contributed by atoms with E-state index in [0.29, 0.717) is 5.56 Å². The Bertz CT molecular complexity index is 1010. The second kappa shape index (κ2) is 5.30. The normalized spacial score (nSPS) is 23.4. The average Bonchev–Trinajstić information content (AvgIpc) is 3.23. The number of nitrogens with zero attached hydrogens (tertiary/aromatic N) is 3. The molecule has 2 heterocycles. The number of fused-ring (bicyclic) bond motifs is 4. The lowest BCUT2D eigenvalue weighted by Crippen LogP contribution is -2.28. The summed E-state index contributed by atoms with van der Waals surface area (Å²) in [5.74, 6) is 0.0676. The van der Waals surface area contributed by atoms with Gasteiger partial charge in [0, 0.05) is 11.5 Å². The predicted molar refractivity (Wildman–Crippen MR) is 93.7 cm³/mol. The van der Waals surface area contributed by atoms with Crippen LogP contribution in [0.1, 0.15) is 40.8 Å². The predicted octanol–water partition coefficient (Wildman–Crippen LogP) is 3.62. The van der Waals surface area contributed by atoms with Crippen molar-refractivity contribution in [3.8, 4) is 17.3 Å². The first-order valence-corrected chi connectivity index (χ1v) is 8.60. The van der Waals surface area contributed by atoms with E-state index in [1.807, 2.05) is 36.8 Å². The molecular weight excluding hydrogens is 310 g/mol. The van der Waals surface area contributed by atoms with Crippen LogP contribution in [0.3, 0.4) is 0 Å². The Labute approximate surface area is 146 Å². The van der Waals surface area contributed by atoms with Crippen molar-refractivity contribution in [2.75, 3.05) is 0 Å². The van der Waals surface area contributed by atoms with Crippen molar-refractivity contribution in [2.24, 2.45) is 5.92 Å². The highest BCUT2D eigenvalue weighted by atomic mass is 16.3. The van der Waals surface area contributed by atoms with Crippen LogP contribution in [-0.4, -0.2) is 14.7 Å². The van der Waals surface area contributed by atoms with Crippen molar-refractivity contribution < 1.29 is 5.11 Å². The SMILES string of the molecule is N#Cc1ccc2c(c1)[C@@H](O)[C@H](C1c3ccccc3-c3cncn31)CC2. The third-order valence-corrected chi connectivity index (χ3v) is 5.67. The molecule has 1 aliphatic carbocycles. The number of benzene rings is 2. The summed E-state index contributed by atoms with van der Waals surface area (Å²) < 4.78 is 2.19. The van der Waals surface area contributed by atoms with Gasteiger partial charge in [0.15, 0.2) is 0 Å². The van der Waals surface area contributed by atoms with E-state index < -0.39 is 6.10 Å². The Morgan fingerprint density at radius 3 is 2.92 bits per heavy atom. The number of hydrogen-bond donors (Lipinski definition) is 1. The minimum atomic E-state index is -0.580. The summed E-state index contributed by atoms with van der Waals surface area (Å²) in [7, 11) is 0. The van der Waals surface area contributed by atoms with Gasteiger partial charge in [0.2, 0.25) is 0 Å². The van der Waals surface area contributed by atoms with Crippen LogP contribution in [0.5, 0.6) is 0 Å². The number of aliphatic hydroxyl groups is 1. The van der Waals surface area contributed by atoms with Crippen LogP contribution >= 0.6 is 0 Å². The molecule has 0 radical (unpaired) electrons. The van der Waals surface area contributed by atoms with E-state index in [-0.39, 0.29) is 12.0 Å². The summed E-state index contributed by atoms with van der Waals surface area (Å²) in [6.07, 6.45) is 5.02. The fourth-order valence-electron chi connectivity index (χ4n) is 4.52. The van der Waals surface area contributed by atoms with E-state index in [4.69, 9.17) is 0 Å². The second-order valence-electron chi connectivity index (χ2n) is 6.89. The molecule has 25 heavy (non-hydrogen) atoms. The fraction of sp³-hybridized carbons (Fsp3) is 0.238. The summed E-state index contributed by atoms with van der Waals surface area (Å²) in [6, 6.07) is 16.3. The van der Waals surface area contributed by atoms with E-state index in [1.165, 1.54) is 11.1 Å². The van der Waals surface area contributed by atoms with E-state index in [9.17, 15) is 10.4 Å². The van der Waals surface area contributed by atoms with Crippen LogP contribution < -0.4 is 0 Å². The fourth-order valence-corrected chi connectivity index (χ4v) is 4.52. The van der Waals surface area contributed by atoms with Crippen molar-refractivity contribution in [2.45, 2.75) is 25.0 Å². The largest absolute Gasteiger partial charge is 0.388 e. The number of imidazole rings is 1. The van der Waals surface area contributed by atoms with Gasteiger partial charge in [-0.05, 0) is 41.7 Å². The molecule has 3 atom stereocenters. The molecule has 2 aliphatic rings. The maximum absolute atomic E-state index is 11.1. The molecule has 1 aliphatic heterocycles. The monoisotopic (exact) mass is 327 g/mol. The van der Waals surface area contributed by atoms with Gasteiger partial charge in [-0.1, -0.05) is 30.3 Å². The maximum Gasteiger partial charge on any atom is 0.0991 e. The van der Waals surface area contributed by atoms with Crippen LogP contribution in [0, 0.1) is 17.2 Å². The number of hydrogen-bond acceptors (Lipinski definition) is 3. The molecular formula is C21H17N3O. The quantitative estimate of drug-likeness (QED) is 0.742. The van der Waals surface area contributed by atoms with Crippen LogP contribution in [-0.2, 0) is 6.42 Å². The lowest BCUT2D eigenvalue weighted by atomic mass is 9.75. The standard InChI is InChI=1S/C21H17N3O/c22-10-13-5-6-14-7-8-17(21(25)18(14)9-13)20-16-4-2-1-3-15(16)19-11-23-12-24(19)20/h1-6,9,11-12,17,20-21,25H,7-8H2/t17-,20?,21-/m0/s1. The van der Waals surface area contributed by atoms with Gasteiger partial charge in [0.25, 0.3) is 0 Å². The minimum Gasteiger partial charge on any atom is -0.388 e. The minimum absolute atomic E-state index is 0.0676. The Hall–Kier alpha value is -2.90. The molecule has 1 unspecified atom stereocenters. The zero-order valence-electron chi connectivity index (χ0n) is 13.6. The number of aromatic nitrogens is 2. The second-order valence-corrected chi connectivity index (χ2v) is 6.89. The van der Waals surface area contributed by atoms with Gasteiger partial charge in [0.1, 0.15) is 0 Å². The molecule has 0 spiro atoms. The topological polar surface area (TPSA) is 61.8 Å². The first kappa shape index (κ1) is 14.4. The molecule has 4 heteroatoms. The molecule has 5 rings (SSSR count). The van der Waals surface area contributed by atoms with Crippen LogP contribution in [0.2, 0.25) is 0 Å². The van der Waals surface area contributed by atoms with Gasteiger partial charge in [-0.25, -0.2) is 4.98 Å². The zero-order valence-corrected chi connectivity index (χ0v) is 13.6.